The van der Waals surface area contributed by atoms with E-state index in [9.17, 15) is 8.42 Å². The molecule has 1 saturated heterocycles. The first-order valence-electron chi connectivity index (χ1n) is 9.81. The first kappa shape index (κ1) is 26.5. The molecule has 0 radical (unpaired) electrons. The number of benzene rings is 1. The average Bonchev–Trinajstić information content (AvgIpc) is 2.65. The van der Waals surface area contributed by atoms with Gasteiger partial charge < -0.3 is 15.4 Å². The van der Waals surface area contributed by atoms with Gasteiger partial charge in [0.1, 0.15) is 9.84 Å². The molecule has 2 rings (SSSR count). The van der Waals surface area contributed by atoms with E-state index in [1.807, 2.05) is 32.0 Å². The molecule has 1 aromatic rings. The number of hydrogen-bond donors (Lipinski definition) is 2. The second-order valence-electron chi connectivity index (χ2n) is 7.53. The molecule has 1 unspecified atom stereocenters. The van der Waals surface area contributed by atoms with Crippen LogP contribution in [-0.4, -0.2) is 58.7 Å². The van der Waals surface area contributed by atoms with Crippen molar-refractivity contribution in [2.24, 2.45) is 4.99 Å². The summed E-state index contributed by atoms with van der Waals surface area (Å²) in [5.41, 5.74) is 0.958. The van der Waals surface area contributed by atoms with Crippen LogP contribution in [0.2, 0.25) is 5.02 Å². The van der Waals surface area contributed by atoms with Gasteiger partial charge >= 0.3 is 0 Å². The summed E-state index contributed by atoms with van der Waals surface area (Å²) in [7, 11) is -2.98. The summed E-state index contributed by atoms with van der Waals surface area (Å²) < 4.78 is 28.4. The average molecular weight is 558 g/mol. The number of nitrogens with one attached hydrogen (secondary N) is 2. The topological polar surface area (TPSA) is 79.8 Å². The van der Waals surface area contributed by atoms with E-state index < -0.39 is 9.84 Å². The summed E-state index contributed by atoms with van der Waals surface area (Å²) in [4.78, 5) is 4.84. The Kier molecular flexibility index (Phi) is 11.2. The summed E-state index contributed by atoms with van der Waals surface area (Å²) in [5.74, 6) is 0.850. The molecule has 29 heavy (non-hydrogen) atoms. The molecular formula is C20H33ClIN3O3S. The van der Waals surface area contributed by atoms with Crippen molar-refractivity contribution in [3.63, 3.8) is 0 Å². The van der Waals surface area contributed by atoms with Crippen molar-refractivity contribution in [2.75, 3.05) is 38.3 Å². The highest BCUT2D eigenvalue weighted by Crippen LogP contribution is 2.38. The molecule has 0 amide bonds. The zero-order chi connectivity index (χ0) is 20.6. The van der Waals surface area contributed by atoms with Crippen LogP contribution < -0.4 is 10.6 Å². The highest BCUT2D eigenvalue weighted by atomic mass is 127. The minimum absolute atomic E-state index is 0. The molecule has 0 bridgehead atoms. The molecule has 1 heterocycles. The SMILES string of the molecule is CCNC(=NCC1(c2ccccc2Cl)CCOCC1)NC(C)CCS(C)(=O)=O.I. The van der Waals surface area contributed by atoms with Gasteiger partial charge in [0.05, 0.1) is 12.3 Å². The fourth-order valence-corrected chi connectivity index (χ4v) is 4.53. The van der Waals surface area contributed by atoms with Crippen molar-refractivity contribution in [1.82, 2.24) is 10.6 Å². The lowest BCUT2D eigenvalue weighted by atomic mass is 9.74. The quantitative estimate of drug-likeness (QED) is 0.291. The van der Waals surface area contributed by atoms with Crippen LogP contribution in [0.15, 0.2) is 29.3 Å². The Labute approximate surface area is 197 Å². The fraction of sp³-hybridized carbons (Fsp3) is 0.650. The van der Waals surface area contributed by atoms with Crippen LogP contribution in [-0.2, 0) is 20.0 Å². The maximum atomic E-state index is 11.4. The minimum atomic E-state index is -2.98. The normalized spacial score (nSPS) is 17.9. The van der Waals surface area contributed by atoms with Crippen LogP contribution in [0.5, 0.6) is 0 Å². The summed E-state index contributed by atoms with van der Waals surface area (Å²) in [5, 5.41) is 7.35. The fourth-order valence-electron chi connectivity index (χ4n) is 3.41. The lowest BCUT2D eigenvalue weighted by Crippen LogP contribution is -2.44. The molecule has 166 valence electrons. The number of hydrogen-bond acceptors (Lipinski definition) is 4. The molecule has 1 aliphatic rings. The van der Waals surface area contributed by atoms with Crippen molar-refractivity contribution in [3.05, 3.63) is 34.9 Å². The molecule has 1 aromatic carbocycles. The van der Waals surface area contributed by atoms with Gasteiger partial charge in [-0.1, -0.05) is 29.8 Å². The molecule has 1 atom stereocenters. The summed E-state index contributed by atoms with van der Waals surface area (Å²) in [6, 6.07) is 7.96. The minimum Gasteiger partial charge on any atom is -0.381 e. The van der Waals surface area contributed by atoms with E-state index in [-0.39, 0.29) is 41.2 Å². The number of nitrogens with zero attached hydrogens (tertiary/aromatic N) is 1. The third-order valence-corrected chi connectivity index (χ3v) is 6.39. The third kappa shape index (κ3) is 8.59. The van der Waals surface area contributed by atoms with Crippen LogP contribution in [0.4, 0.5) is 0 Å². The zero-order valence-corrected chi connectivity index (χ0v) is 21.3. The van der Waals surface area contributed by atoms with Crippen molar-refractivity contribution >= 4 is 51.4 Å². The third-order valence-electron chi connectivity index (χ3n) is 5.08. The highest BCUT2D eigenvalue weighted by Gasteiger charge is 2.36. The van der Waals surface area contributed by atoms with Gasteiger partial charge in [-0.2, -0.15) is 0 Å². The van der Waals surface area contributed by atoms with E-state index in [1.54, 1.807) is 0 Å². The Morgan fingerprint density at radius 2 is 1.97 bits per heavy atom. The maximum absolute atomic E-state index is 11.4. The van der Waals surface area contributed by atoms with E-state index in [4.69, 9.17) is 21.3 Å². The van der Waals surface area contributed by atoms with Gasteiger partial charge in [0.2, 0.25) is 0 Å². The second kappa shape index (κ2) is 12.3. The molecule has 6 nitrogen and oxygen atoms in total. The molecule has 0 aliphatic carbocycles. The van der Waals surface area contributed by atoms with Gasteiger partial charge in [0, 0.05) is 42.5 Å². The molecular weight excluding hydrogens is 525 g/mol. The maximum Gasteiger partial charge on any atom is 0.191 e. The Hall–Kier alpha value is -0.580. The second-order valence-corrected chi connectivity index (χ2v) is 10.2. The molecule has 1 fully saturated rings. The van der Waals surface area contributed by atoms with Crippen molar-refractivity contribution in [3.8, 4) is 0 Å². The molecule has 9 heteroatoms. The van der Waals surface area contributed by atoms with E-state index in [0.717, 1.165) is 30.0 Å². The summed E-state index contributed by atoms with van der Waals surface area (Å²) in [6.45, 7) is 6.68. The van der Waals surface area contributed by atoms with Gasteiger partial charge in [0.15, 0.2) is 5.96 Å². The first-order chi connectivity index (χ1) is 13.3. The number of aliphatic imine (C=N–C) groups is 1. The molecule has 1 aliphatic heterocycles. The molecule has 2 N–H and O–H groups in total. The Bertz CT molecular complexity index is 768. The van der Waals surface area contributed by atoms with Crippen LogP contribution in [0.25, 0.3) is 0 Å². The predicted octanol–water partition coefficient (Wildman–Crippen LogP) is 3.38. The Morgan fingerprint density at radius 3 is 2.55 bits per heavy atom. The van der Waals surface area contributed by atoms with Gasteiger partial charge in [-0.15, -0.1) is 24.0 Å². The zero-order valence-electron chi connectivity index (χ0n) is 17.4. The van der Waals surface area contributed by atoms with Crippen molar-refractivity contribution < 1.29 is 13.2 Å². The summed E-state index contributed by atoms with van der Waals surface area (Å²) >= 11 is 6.51. The molecule has 0 aromatic heterocycles. The van der Waals surface area contributed by atoms with Crippen molar-refractivity contribution in [2.45, 2.75) is 44.6 Å². The largest absolute Gasteiger partial charge is 0.381 e. The molecule has 0 saturated carbocycles. The van der Waals surface area contributed by atoms with Gasteiger partial charge in [-0.05, 0) is 44.7 Å². The smallest absolute Gasteiger partial charge is 0.191 e. The molecule has 0 spiro atoms. The number of guanidine groups is 1. The van der Waals surface area contributed by atoms with E-state index in [0.29, 0.717) is 32.1 Å². The van der Waals surface area contributed by atoms with Gasteiger partial charge in [-0.25, -0.2) is 8.42 Å². The Morgan fingerprint density at radius 1 is 1.31 bits per heavy atom. The van der Waals surface area contributed by atoms with E-state index in [2.05, 4.69) is 16.7 Å². The lowest BCUT2D eigenvalue weighted by Gasteiger charge is -2.37. The monoisotopic (exact) mass is 557 g/mol. The van der Waals surface area contributed by atoms with Crippen LogP contribution in [0, 0.1) is 0 Å². The first-order valence-corrected chi connectivity index (χ1v) is 12.2. The standard InChI is InChI=1S/C20H32ClN3O3S.HI/c1-4-22-19(24-16(2)9-14-28(3,25)26)23-15-20(10-12-27-13-11-20)17-7-5-6-8-18(17)21;/h5-8,16H,4,9-15H2,1-3H3,(H2,22,23,24);1H. The van der Waals surface area contributed by atoms with Crippen molar-refractivity contribution in [1.29, 1.82) is 0 Å². The number of halogens is 2. The van der Waals surface area contributed by atoms with Crippen LogP contribution >= 0.6 is 35.6 Å². The number of rotatable bonds is 8. The van der Waals surface area contributed by atoms with Gasteiger partial charge in [0.25, 0.3) is 0 Å². The van der Waals surface area contributed by atoms with E-state index in [1.165, 1.54) is 6.26 Å². The Balaban J connectivity index is 0.00000420. The lowest BCUT2D eigenvalue weighted by molar-refractivity contribution is 0.0531. The summed E-state index contributed by atoms with van der Waals surface area (Å²) in [6.07, 6.45) is 3.52. The van der Waals surface area contributed by atoms with Crippen LogP contribution in [0.1, 0.15) is 38.7 Å². The highest BCUT2D eigenvalue weighted by molar-refractivity contribution is 14.0. The van der Waals surface area contributed by atoms with E-state index >= 15 is 0 Å². The number of ether oxygens (including phenoxy) is 1. The number of sulfone groups is 1. The predicted molar refractivity (Wildman–Crippen MR) is 132 cm³/mol. The van der Waals surface area contributed by atoms with Gasteiger partial charge in [-0.3, -0.25) is 4.99 Å². The van der Waals surface area contributed by atoms with Crippen LogP contribution in [0.3, 0.4) is 0 Å².